The van der Waals surface area contributed by atoms with Gasteiger partial charge in [-0.3, -0.25) is 0 Å². The number of pyridine rings is 1. The van der Waals surface area contributed by atoms with E-state index in [0.29, 0.717) is 0 Å². The summed E-state index contributed by atoms with van der Waals surface area (Å²) in [6.07, 6.45) is 0.991. The number of carboxylic acids is 1. The third-order valence-corrected chi connectivity index (χ3v) is 1.32. The monoisotopic (exact) mass is 173 g/mol. The fourth-order valence-corrected chi connectivity index (χ4v) is 0.774. The Morgan fingerprint density at radius 1 is 1.64 bits per heavy atom. The van der Waals surface area contributed by atoms with Gasteiger partial charge in [0.2, 0.25) is 0 Å². The molecule has 4 nitrogen and oxygen atoms in total. The van der Waals surface area contributed by atoms with Crippen LogP contribution in [-0.4, -0.2) is 11.1 Å². The van der Waals surface area contributed by atoms with Crippen molar-refractivity contribution < 1.29 is 14.6 Å². The van der Waals surface area contributed by atoms with Crippen LogP contribution in [-0.2, 0) is 0 Å². The highest BCUT2D eigenvalue weighted by atomic mass is 35.5. The second kappa shape index (κ2) is 2.75. The Hall–Kier alpha value is -1.29. The minimum atomic E-state index is -1.27. The number of halogens is 1. The van der Waals surface area contributed by atoms with E-state index in [0.717, 1.165) is 12.3 Å². The summed E-state index contributed by atoms with van der Waals surface area (Å²) in [6.45, 7) is 0. The van der Waals surface area contributed by atoms with Gasteiger partial charge >= 0.3 is 11.7 Å². The largest absolute Gasteiger partial charge is 0.618 e. The van der Waals surface area contributed by atoms with Gasteiger partial charge in [0.15, 0.2) is 6.20 Å². The van der Waals surface area contributed by atoms with E-state index in [4.69, 9.17) is 16.7 Å². The summed E-state index contributed by atoms with van der Waals surface area (Å²) in [7, 11) is 0. The Balaban J connectivity index is 3.20. The Kier molecular flexibility index (Phi) is 1.96. The molecule has 5 heteroatoms. The van der Waals surface area contributed by atoms with Crippen LogP contribution >= 0.6 is 11.6 Å². The van der Waals surface area contributed by atoms with Gasteiger partial charge in [0.1, 0.15) is 5.02 Å². The first-order valence-electron chi connectivity index (χ1n) is 2.73. The highest BCUT2D eigenvalue weighted by Crippen LogP contribution is 2.04. The minimum Gasteiger partial charge on any atom is -0.618 e. The van der Waals surface area contributed by atoms with Crippen molar-refractivity contribution in [1.29, 1.82) is 0 Å². The average molecular weight is 174 g/mol. The summed E-state index contributed by atoms with van der Waals surface area (Å²) in [5.74, 6) is -1.27. The molecule has 0 aromatic carbocycles. The molecular formula is C6H4ClNO3. The van der Waals surface area contributed by atoms with E-state index in [1.54, 1.807) is 0 Å². The first-order valence-corrected chi connectivity index (χ1v) is 3.11. The summed E-state index contributed by atoms with van der Waals surface area (Å²) in [6, 6.07) is 2.50. The number of nitrogens with zero attached hydrogens (tertiary/aromatic N) is 1. The van der Waals surface area contributed by atoms with E-state index >= 15 is 0 Å². The molecule has 0 unspecified atom stereocenters. The zero-order valence-electron chi connectivity index (χ0n) is 5.32. The lowest BCUT2D eigenvalue weighted by Crippen LogP contribution is -2.33. The number of carboxylic acid groups (broad SMARTS) is 1. The van der Waals surface area contributed by atoms with Crippen molar-refractivity contribution in [2.45, 2.75) is 0 Å². The van der Waals surface area contributed by atoms with Crippen LogP contribution in [0, 0.1) is 5.21 Å². The maximum Gasteiger partial charge on any atom is 0.402 e. The Morgan fingerprint density at radius 2 is 2.27 bits per heavy atom. The van der Waals surface area contributed by atoms with Crippen molar-refractivity contribution in [2.24, 2.45) is 0 Å². The fourth-order valence-electron chi connectivity index (χ4n) is 0.622. The Morgan fingerprint density at radius 3 is 2.73 bits per heavy atom. The van der Waals surface area contributed by atoms with Crippen LogP contribution in [0.25, 0.3) is 0 Å². The molecule has 11 heavy (non-hydrogen) atoms. The van der Waals surface area contributed by atoms with Crippen LogP contribution in [0.5, 0.6) is 0 Å². The van der Waals surface area contributed by atoms with E-state index in [1.807, 2.05) is 0 Å². The molecule has 1 rings (SSSR count). The molecule has 0 radical (unpaired) electrons. The van der Waals surface area contributed by atoms with Crippen LogP contribution in [0.1, 0.15) is 10.5 Å². The van der Waals surface area contributed by atoms with Gasteiger partial charge < -0.3 is 10.3 Å². The van der Waals surface area contributed by atoms with Crippen molar-refractivity contribution in [3.05, 3.63) is 34.3 Å². The number of aromatic nitrogens is 1. The second-order valence-electron chi connectivity index (χ2n) is 1.86. The molecule has 0 aliphatic rings. The highest BCUT2D eigenvalue weighted by molar-refractivity contribution is 6.30. The lowest BCUT2D eigenvalue weighted by atomic mass is 10.3. The topological polar surface area (TPSA) is 64.2 Å². The van der Waals surface area contributed by atoms with E-state index in [1.165, 1.54) is 6.07 Å². The predicted octanol–water partition coefficient (Wildman–Crippen LogP) is 0.672. The molecule has 1 heterocycles. The van der Waals surface area contributed by atoms with Gasteiger partial charge in [0, 0.05) is 6.07 Å². The van der Waals surface area contributed by atoms with Gasteiger partial charge in [-0.25, -0.2) is 4.79 Å². The van der Waals surface area contributed by atoms with E-state index in [-0.39, 0.29) is 15.4 Å². The molecule has 1 aromatic heterocycles. The lowest BCUT2D eigenvalue weighted by Gasteiger charge is -1.98. The Labute approximate surface area is 67.2 Å². The molecule has 0 aliphatic heterocycles. The smallest absolute Gasteiger partial charge is 0.402 e. The van der Waals surface area contributed by atoms with Crippen LogP contribution in [0.4, 0.5) is 0 Å². The zero-order valence-corrected chi connectivity index (χ0v) is 6.08. The normalized spacial score (nSPS) is 9.55. The summed E-state index contributed by atoms with van der Waals surface area (Å²) in [5.41, 5.74) is -0.339. The molecule has 0 aliphatic carbocycles. The van der Waals surface area contributed by atoms with Crippen molar-refractivity contribution >= 4 is 17.6 Å². The van der Waals surface area contributed by atoms with E-state index in [9.17, 15) is 10.0 Å². The Bertz CT molecular complexity index is 300. The highest BCUT2D eigenvalue weighted by Gasteiger charge is 2.13. The average Bonchev–Trinajstić information content (AvgIpc) is 1.85. The number of hydrogen-bond donors (Lipinski definition) is 1. The molecule has 0 atom stereocenters. The molecule has 58 valence electrons. The predicted molar refractivity (Wildman–Crippen MR) is 37.4 cm³/mol. The van der Waals surface area contributed by atoms with Crippen molar-refractivity contribution in [2.75, 3.05) is 0 Å². The molecule has 0 fully saturated rings. The van der Waals surface area contributed by atoms with Crippen molar-refractivity contribution in [3.63, 3.8) is 0 Å². The fraction of sp³-hybridized carbons (Fsp3) is 0. The third kappa shape index (κ3) is 1.59. The van der Waals surface area contributed by atoms with Gasteiger partial charge in [-0.05, 0) is 6.07 Å². The SMILES string of the molecule is O=C(O)c1ccc(Cl)c[n+]1[O-]. The van der Waals surface area contributed by atoms with Gasteiger partial charge in [0.25, 0.3) is 0 Å². The van der Waals surface area contributed by atoms with Crippen LogP contribution in [0.15, 0.2) is 18.3 Å². The maximum atomic E-state index is 10.7. The first kappa shape index (κ1) is 7.81. The molecule has 1 N–H and O–H groups in total. The quantitative estimate of drug-likeness (QED) is 0.502. The molecule has 1 aromatic rings. The van der Waals surface area contributed by atoms with E-state index < -0.39 is 5.97 Å². The van der Waals surface area contributed by atoms with Gasteiger partial charge in [-0.2, -0.15) is 4.73 Å². The van der Waals surface area contributed by atoms with Crippen molar-refractivity contribution in [1.82, 2.24) is 0 Å². The minimum absolute atomic E-state index is 0.213. The van der Waals surface area contributed by atoms with Gasteiger partial charge in [-0.15, -0.1) is 0 Å². The van der Waals surface area contributed by atoms with Crippen LogP contribution in [0.3, 0.4) is 0 Å². The van der Waals surface area contributed by atoms with Crippen LogP contribution < -0.4 is 4.73 Å². The molecular weight excluding hydrogens is 170 g/mol. The molecule has 0 saturated heterocycles. The standard InChI is InChI=1S/C6H4ClNO3/c7-4-1-2-5(6(9)10)8(11)3-4/h1-3H,(H,9,10). The number of hydrogen-bond acceptors (Lipinski definition) is 2. The van der Waals surface area contributed by atoms with E-state index in [2.05, 4.69) is 0 Å². The summed E-state index contributed by atoms with van der Waals surface area (Å²) in [4.78, 5) is 10.3. The van der Waals surface area contributed by atoms with Crippen molar-refractivity contribution in [3.8, 4) is 0 Å². The zero-order chi connectivity index (χ0) is 8.43. The second-order valence-corrected chi connectivity index (χ2v) is 2.30. The molecule has 0 bridgehead atoms. The molecule has 0 amide bonds. The summed E-state index contributed by atoms with van der Waals surface area (Å²) in [5, 5.41) is 19.3. The molecule has 0 saturated carbocycles. The maximum absolute atomic E-state index is 10.7. The summed E-state index contributed by atoms with van der Waals surface area (Å²) < 4.78 is 0.213. The number of aromatic carboxylic acids is 1. The van der Waals surface area contributed by atoms with Gasteiger partial charge in [0.05, 0.1) is 0 Å². The summed E-state index contributed by atoms with van der Waals surface area (Å²) >= 11 is 5.41. The first-order chi connectivity index (χ1) is 5.11. The number of rotatable bonds is 1. The third-order valence-electron chi connectivity index (χ3n) is 1.10. The van der Waals surface area contributed by atoms with Gasteiger partial charge in [-0.1, -0.05) is 11.6 Å². The molecule has 0 spiro atoms. The number of carbonyl (C=O) groups is 1. The lowest BCUT2D eigenvalue weighted by molar-refractivity contribution is -0.608. The van der Waals surface area contributed by atoms with Crippen LogP contribution in [0.2, 0.25) is 5.02 Å².